The van der Waals surface area contributed by atoms with E-state index in [4.69, 9.17) is 14.2 Å². The molecule has 0 aromatic rings. The first-order valence-electron chi connectivity index (χ1n) is 16.3. The molecule has 0 aromatic heterocycles. The van der Waals surface area contributed by atoms with Gasteiger partial charge in [0.2, 0.25) is 11.8 Å². The largest absolute Gasteiger partial charge is 0.378 e. The van der Waals surface area contributed by atoms with Crippen molar-refractivity contribution in [3.63, 3.8) is 0 Å². The summed E-state index contributed by atoms with van der Waals surface area (Å²) in [7, 11) is 0. The second-order valence-corrected chi connectivity index (χ2v) is 14.8. The van der Waals surface area contributed by atoms with Gasteiger partial charge in [-0.2, -0.15) is 0 Å². The summed E-state index contributed by atoms with van der Waals surface area (Å²) in [6, 6.07) is 0. The van der Waals surface area contributed by atoms with E-state index >= 15 is 0 Å². The van der Waals surface area contributed by atoms with Gasteiger partial charge in [0.1, 0.15) is 0 Å². The minimum Gasteiger partial charge on any atom is -0.378 e. The van der Waals surface area contributed by atoms with E-state index in [-0.39, 0.29) is 10.8 Å². The lowest BCUT2D eigenvalue weighted by Crippen LogP contribution is -2.55. The third kappa shape index (κ3) is 5.30. The molecule has 8 bridgehead atoms. The van der Waals surface area contributed by atoms with Gasteiger partial charge >= 0.3 is 0 Å². The SMILES string of the molecule is O=C(N1CCOCCOCCN(C(=O)C23CC4CC(CC(C4)C2)C3)CCOCC1)C12CC3CC(CC(C3)C1)C2. The molecule has 9 rings (SSSR count). The van der Waals surface area contributed by atoms with Crippen LogP contribution in [0.5, 0.6) is 0 Å². The molecule has 0 aromatic carbocycles. The number of amides is 2. The van der Waals surface area contributed by atoms with Crippen LogP contribution in [-0.2, 0) is 23.8 Å². The fraction of sp³-hybridized carbons (Fsp3) is 0.938. The van der Waals surface area contributed by atoms with E-state index in [0.717, 1.165) is 74.0 Å². The first-order valence-corrected chi connectivity index (χ1v) is 16.3. The topological polar surface area (TPSA) is 68.3 Å². The Bertz CT molecular complexity index is 778. The Morgan fingerprint density at radius 3 is 0.974 bits per heavy atom. The molecule has 9 aliphatic rings. The van der Waals surface area contributed by atoms with Crippen LogP contribution in [0.2, 0.25) is 0 Å². The molecule has 1 saturated heterocycles. The number of ether oxygens (including phenoxy) is 3. The average molecular weight is 543 g/mol. The summed E-state index contributed by atoms with van der Waals surface area (Å²) in [6.07, 6.45) is 14.6. The van der Waals surface area contributed by atoms with Gasteiger partial charge in [-0.1, -0.05) is 0 Å². The molecule has 0 spiro atoms. The van der Waals surface area contributed by atoms with Gasteiger partial charge in [0.25, 0.3) is 0 Å². The first-order chi connectivity index (χ1) is 19.0. The molecular formula is C32H50N2O5. The number of rotatable bonds is 2. The van der Waals surface area contributed by atoms with Crippen molar-refractivity contribution in [1.82, 2.24) is 9.80 Å². The lowest BCUT2D eigenvalue weighted by Gasteiger charge is -2.56. The van der Waals surface area contributed by atoms with Crippen LogP contribution in [0.4, 0.5) is 0 Å². The second kappa shape index (κ2) is 10.9. The van der Waals surface area contributed by atoms with E-state index in [0.29, 0.717) is 77.6 Å². The zero-order chi connectivity index (χ0) is 26.5. The van der Waals surface area contributed by atoms with Crippen molar-refractivity contribution < 1.29 is 23.8 Å². The van der Waals surface area contributed by atoms with E-state index in [9.17, 15) is 9.59 Å². The Morgan fingerprint density at radius 2 is 0.692 bits per heavy atom. The van der Waals surface area contributed by atoms with E-state index in [2.05, 4.69) is 0 Å². The highest BCUT2D eigenvalue weighted by Crippen LogP contribution is 2.61. The van der Waals surface area contributed by atoms with Crippen molar-refractivity contribution in [2.75, 3.05) is 65.8 Å². The Balaban J connectivity index is 0.985. The first kappa shape index (κ1) is 26.7. The molecule has 2 amide bonds. The van der Waals surface area contributed by atoms with Crippen LogP contribution < -0.4 is 0 Å². The van der Waals surface area contributed by atoms with Crippen molar-refractivity contribution in [1.29, 1.82) is 0 Å². The second-order valence-electron chi connectivity index (χ2n) is 14.8. The molecule has 8 aliphatic carbocycles. The van der Waals surface area contributed by atoms with Gasteiger partial charge in [0.05, 0.1) is 50.5 Å². The highest BCUT2D eigenvalue weighted by molar-refractivity contribution is 5.84. The fourth-order valence-electron chi connectivity index (χ4n) is 11.2. The summed E-state index contributed by atoms with van der Waals surface area (Å²) in [4.78, 5) is 32.2. The van der Waals surface area contributed by atoms with Crippen LogP contribution >= 0.6 is 0 Å². The van der Waals surface area contributed by atoms with Gasteiger partial charge in [-0.15, -0.1) is 0 Å². The third-order valence-electron chi connectivity index (χ3n) is 12.0. The molecule has 7 heteroatoms. The molecule has 0 atom stereocenters. The lowest BCUT2D eigenvalue weighted by molar-refractivity contribution is -0.159. The summed E-state index contributed by atoms with van der Waals surface area (Å²) in [6.45, 7) is 5.66. The van der Waals surface area contributed by atoms with Crippen LogP contribution in [0.25, 0.3) is 0 Å². The molecule has 218 valence electrons. The highest BCUT2D eigenvalue weighted by atomic mass is 16.5. The quantitative estimate of drug-likeness (QED) is 0.525. The molecule has 1 heterocycles. The number of nitrogens with zero attached hydrogens (tertiary/aromatic N) is 2. The zero-order valence-electron chi connectivity index (χ0n) is 24.0. The molecule has 8 saturated carbocycles. The van der Waals surface area contributed by atoms with Crippen molar-refractivity contribution in [2.24, 2.45) is 46.3 Å². The van der Waals surface area contributed by atoms with E-state index < -0.39 is 0 Å². The Kier molecular flexibility index (Phi) is 7.47. The third-order valence-corrected chi connectivity index (χ3v) is 12.0. The summed E-state index contributed by atoms with van der Waals surface area (Å²) >= 11 is 0. The highest BCUT2D eigenvalue weighted by Gasteiger charge is 2.56. The number of hydrogen-bond acceptors (Lipinski definition) is 5. The maximum Gasteiger partial charge on any atom is 0.228 e. The van der Waals surface area contributed by atoms with Gasteiger partial charge in [0.15, 0.2) is 0 Å². The van der Waals surface area contributed by atoms with Crippen LogP contribution in [0.15, 0.2) is 0 Å². The summed E-state index contributed by atoms with van der Waals surface area (Å²) in [5.74, 6) is 5.24. The molecule has 1 aliphatic heterocycles. The van der Waals surface area contributed by atoms with Crippen LogP contribution in [0.3, 0.4) is 0 Å². The van der Waals surface area contributed by atoms with Crippen LogP contribution in [0, 0.1) is 46.3 Å². The van der Waals surface area contributed by atoms with Gasteiger partial charge < -0.3 is 24.0 Å². The molecule has 7 nitrogen and oxygen atoms in total. The van der Waals surface area contributed by atoms with Crippen LogP contribution in [-0.4, -0.2) is 87.4 Å². The Morgan fingerprint density at radius 1 is 0.436 bits per heavy atom. The Hall–Kier alpha value is -1.18. The molecule has 0 N–H and O–H groups in total. The van der Waals surface area contributed by atoms with E-state index in [1.165, 1.54) is 38.5 Å². The van der Waals surface area contributed by atoms with E-state index in [1.54, 1.807) is 0 Å². The number of carbonyl (C=O) groups is 2. The monoisotopic (exact) mass is 542 g/mol. The standard InChI is InChI=1S/C32H50N2O5/c35-29(31-17-23-11-24(18-31)13-25(12-23)19-31)33-1-5-37-6-2-34(4-8-39-10-9-38-7-3-33)30(36)32-20-26-14-27(21-32)16-28(15-26)22-32/h23-28H,1-22H2. The molecule has 0 unspecified atom stereocenters. The van der Waals surface area contributed by atoms with Crippen molar-refractivity contribution in [2.45, 2.75) is 77.0 Å². The molecule has 0 radical (unpaired) electrons. The predicted octanol–water partition coefficient (Wildman–Crippen LogP) is 4.14. The van der Waals surface area contributed by atoms with Gasteiger partial charge in [-0.05, 0) is 113 Å². The molecule has 39 heavy (non-hydrogen) atoms. The summed E-state index contributed by atoms with van der Waals surface area (Å²) in [5.41, 5.74) is -0.274. The van der Waals surface area contributed by atoms with E-state index in [1.807, 2.05) is 9.80 Å². The maximum atomic E-state index is 14.0. The smallest absolute Gasteiger partial charge is 0.228 e. The maximum absolute atomic E-state index is 14.0. The van der Waals surface area contributed by atoms with Gasteiger partial charge in [-0.3, -0.25) is 9.59 Å². The van der Waals surface area contributed by atoms with Crippen molar-refractivity contribution in [3.8, 4) is 0 Å². The minimum absolute atomic E-state index is 0.137. The van der Waals surface area contributed by atoms with Gasteiger partial charge in [-0.25, -0.2) is 0 Å². The van der Waals surface area contributed by atoms with Gasteiger partial charge in [0, 0.05) is 26.2 Å². The molecular weight excluding hydrogens is 492 g/mol. The number of carbonyl (C=O) groups excluding carboxylic acids is 2. The lowest BCUT2D eigenvalue weighted by atomic mass is 9.49. The fourth-order valence-corrected chi connectivity index (χ4v) is 11.2. The van der Waals surface area contributed by atoms with Crippen LogP contribution in [0.1, 0.15) is 77.0 Å². The predicted molar refractivity (Wildman–Crippen MR) is 147 cm³/mol. The average Bonchev–Trinajstić information content (AvgIpc) is 2.90. The van der Waals surface area contributed by atoms with Crippen molar-refractivity contribution >= 4 is 11.8 Å². The summed E-state index contributed by atoms with van der Waals surface area (Å²) in [5, 5.41) is 0. The Labute approximate surface area is 234 Å². The number of hydrogen-bond donors (Lipinski definition) is 0. The normalized spacial score (nSPS) is 44.7. The van der Waals surface area contributed by atoms with Crippen molar-refractivity contribution in [3.05, 3.63) is 0 Å². The molecule has 9 fully saturated rings. The minimum atomic E-state index is -0.137. The zero-order valence-corrected chi connectivity index (χ0v) is 24.0. The summed E-state index contributed by atoms with van der Waals surface area (Å²) < 4.78 is 18.0.